The van der Waals surface area contributed by atoms with Crippen LogP contribution in [0.3, 0.4) is 0 Å². The highest BCUT2D eigenvalue weighted by molar-refractivity contribution is 5.94. The van der Waals surface area contributed by atoms with Gasteiger partial charge >= 0.3 is 6.18 Å². The minimum Gasteiger partial charge on any atom is -0.394 e. The summed E-state index contributed by atoms with van der Waals surface area (Å²) in [6, 6.07) is 1.15. The van der Waals surface area contributed by atoms with Gasteiger partial charge in [-0.1, -0.05) is 0 Å². The van der Waals surface area contributed by atoms with Crippen LogP contribution in [0.5, 0.6) is 0 Å². The van der Waals surface area contributed by atoms with E-state index in [2.05, 4.69) is 0 Å². The number of pyridine rings is 1. The monoisotopic (exact) mass is 290 g/mol. The molecule has 0 radical (unpaired) electrons. The number of carbonyl (C=O) groups excluding carboxylic acids is 1. The molecule has 1 aromatic heterocycles. The first-order chi connectivity index (χ1) is 9.34. The maximum Gasteiger partial charge on any atom is 0.431 e. The first kappa shape index (κ1) is 14.6. The maximum absolute atomic E-state index is 12.4. The number of aliphatic hydroxyl groups excluding tert-OH is 1. The first-order valence-electron chi connectivity index (χ1n) is 6.07. The number of alkyl halides is 3. The van der Waals surface area contributed by atoms with Gasteiger partial charge in [-0.05, 0) is 25.0 Å². The number of likely N-dealkylation sites (tertiary alicyclic amines) is 1. The number of hydrogen-bond acceptors (Lipinski definition) is 3. The van der Waals surface area contributed by atoms with Gasteiger partial charge in [-0.25, -0.2) is 0 Å². The van der Waals surface area contributed by atoms with Crippen LogP contribution < -0.4 is 5.56 Å². The van der Waals surface area contributed by atoms with E-state index in [4.69, 9.17) is 5.11 Å². The summed E-state index contributed by atoms with van der Waals surface area (Å²) in [4.78, 5) is 26.7. The second-order valence-corrected chi connectivity index (χ2v) is 4.59. The van der Waals surface area contributed by atoms with Gasteiger partial charge in [0.05, 0.1) is 12.6 Å². The fourth-order valence-electron chi connectivity index (χ4n) is 2.26. The van der Waals surface area contributed by atoms with Crippen molar-refractivity contribution < 1.29 is 23.1 Å². The third-order valence-corrected chi connectivity index (χ3v) is 3.29. The third kappa shape index (κ3) is 2.69. The molecule has 1 aromatic rings. The maximum atomic E-state index is 12.4. The molecule has 2 heterocycles. The van der Waals surface area contributed by atoms with Crippen LogP contribution in [0.4, 0.5) is 13.2 Å². The Hall–Kier alpha value is -1.83. The van der Waals surface area contributed by atoms with E-state index in [1.54, 1.807) is 4.98 Å². The van der Waals surface area contributed by atoms with Gasteiger partial charge in [0.15, 0.2) is 0 Å². The van der Waals surface area contributed by atoms with Crippen LogP contribution in [-0.2, 0) is 6.18 Å². The summed E-state index contributed by atoms with van der Waals surface area (Å²) in [5.74, 6) is -0.656. The van der Waals surface area contributed by atoms with E-state index in [-0.39, 0.29) is 18.2 Å². The normalized spacial score (nSPS) is 19.4. The lowest BCUT2D eigenvalue weighted by molar-refractivity contribution is -0.141. The number of rotatable bonds is 2. The summed E-state index contributed by atoms with van der Waals surface area (Å²) in [5.41, 5.74) is -2.62. The Bertz CT molecular complexity index is 568. The molecule has 1 amide bonds. The molecule has 0 saturated carbocycles. The number of aromatic amines is 1. The minimum absolute atomic E-state index is 0.232. The number of aromatic nitrogens is 1. The van der Waals surface area contributed by atoms with Crippen LogP contribution in [-0.4, -0.2) is 40.1 Å². The summed E-state index contributed by atoms with van der Waals surface area (Å²) in [5, 5.41) is 9.12. The highest BCUT2D eigenvalue weighted by Crippen LogP contribution is 2.26. The quantitative estimate of drug-likeness (QED) is 0.853. The van der Waals surface area contributed by atoms with Crippen LogP contribution in [0.15, 0.2) is 16.9 Å². The molecule has 1 aliphatic rings. The van der Waals surface area contributed by atoms with Crippen molar-refractivity contribution in [3.8, 4) is 0 Å². The predicted molar refractivity (Wildman–Crippen MR) is 63.2 cm³/mol. The van der Waals surface area contributed by atoms with Crippen molar-refractivity contribution in [2.24, 2.45) is 0 Å². The molecule has 1 saturated heterocycles. The molecule has 0 aromatic carbocycles. The average molecular weight is 290 g/mol. The number of aliphatic hydroxyl groups is 1. The van der Waals surface area contributed by atoms with Crippen molar-refractivity contribution in [1.82, 2.24) is 9.88 Å². The zero-order valence-corrected chi connectivity index (χ0v) is 10.4. The van der Waals surface area contributed by atoms with Gasteiger partial charge in [0.1, 0.15) is 11.3 Å². The Morgan fingerprint density at radius 2 is 2.15 bits per heavy atom. The van der Waals surface area contributed by atoms with E-state index >= 15 is 0 Å². The predicted octanol–water partition coefficient (Wildman–Crippen LogP) is 0.991. The van der Waals surface area contributed by atoms with E-state index in [0.717, 1.165) is 6.07 Å². The molecular weight excluding hydrogens is 277 g/mol. The van der Waals surface area contributed by atoms with E-state index in [1.165, 1.54) is 4.90 Å². The number of nitrogens with one attached hydrogen (secondary N) is 1. The fraction of sp³-hybridized carbons (Fsp3) is 0.500. The van der Waals surface area contributed by atoms with Gasteiger partial charge in [-0.15, -0.1) is 0 Å². The molecular formula is C12H13F3N2O3. The number of hydrogen-bond donors (Lipinski definition) is 2. The Morgan fingerprint density at radius 3 is 2.70 bits per heavy atom. The zero-order chi connectivity index (χ0) is 14.9. The molecule has 110 valence electrons. The molecule has 2 N–H and O–H groups in total. The van der Waals surface area contributed by atoms with Gasteiger partial charge in [-0.3, -0.25) is 9.59 Å². The van der Waals surface area contributed by atoms with Crippen LogP contribution in [0, 0.1) is 0 Å². The zero-order valence-electron chi connectivity index (χ0n) is 10.4. The summed E-state index contributed by atoms with van der Waals surface area (Å²) in [6.07, 6.45) is -3.36. The molecule has 2 rings (SSSR count). The van der Waals surface area contributed by atoms with Crippen LogP contribution in [0.25, 0.3) is 0 Å². The Kier molecular flexibility index (Phi) is 3.85. The second-order valence-electron chi connectivity index (χ2n) is 4.59. The van der Waals surface area contributed by atoms with Crippen molar-refractivity contribution in [2.45, 2.75) is 25.1 Å². The van der Waals surface area contributed by atoms with Crippen LogP contribution in [0.2, 0.25) is 0 Å². The molecule has 8 heteroatoms. The number of H-pyrrole nitrogens is 1. The number of amides is 1. The SMILES string of the molecule is O=C(c1ccc(C(F)(F)F)[nH]c1=O)N1CCCC1CO. The van der Waals surface area contributed by atoms with Gasteiger partial charge in [-0.2, -0.15) is 13.2 Å². The summed E-state index contributed by atoms with van der Waals surface area (Å²) in [6.45, 7) is 0.148. The van der Waals surface area contributed by atoms with E-state index in [9.17, 15) is 22.8 Å². The summed E-state index contributed by atoms with van der Waals surface area (Å²) < 4.78 is 37.3. The number of carbonyl (C=O) groups is 1. The molecule has 1 fully saturated rings. The van der Waals surface area contributed by atoms with E-state index in [1.807, 2.05) is 0 Å². The van der Waals surface area contributed by atoms with Gasteiger partial charge in [0.25, 0.3) is 11.5 Å². The lowest BCUT2D eigenvalue weighted by atomic mass is 10.2. The molecule has 1 aliphatic heterocycles. The Balaban J connectivity index is 2.30. The number of nitrogens with zero attached hydrogens (tertiary/aromatic N) is 1. The molecule has 0 aliphatic carbocycles. The fourth-order valence-corrected chi connectivity index (χ4v) is 2.26. The first-order valence-corrected chi connectivity index (χ1v) is 6.07. The average Bonchev–Trinajstić information content (AvgIpc) is 2.85. The van der Waals surface area contributed by atoms with Gasteiger partial charge in [0.2, 0.25) is 0 Å². The highest BCUT2D eigenvalue weighted by atomic mass is 19.4. The summed E-state index contributed by atoms with van der Waals surface area (Å²) in [7, 11) is 0. The smallest absolute Gasteiger partial charge is 0.394 e. The van der Waals surface area contributed by atoms with Crippen LogP contribution >= 0.6 is 0 Å². The van der Waals surface area contributed by atoms with Crippen molar-refractivity contribution in [2.75, 3.05) is 13.2 Å². The molecule has 1 atom stereocenters. The topological polar surface area (TPSA) is 73.4 Å². The van der Waals surface area contributed by atoms with Crippen LogP contribution in [0.1, 0.15) is 28.9 Å². The van der Waals surface area contributed by atoms with Crippen molar-refractivity contribution in [3.05, 3.63) is 33.7 Å². The van der Waals surface area contributed by atoms with Crippen molar-refractivity contribution in [3.63, 3.8) is 0 Å². The molecule has 1 unspecified atom stereocenters. The van der Waals surface area contributed by atoms with Crippen molar-refractivity contribution >= 4 is 5.91 Å². The molecule has 0 bridgehead atoms. The number of halogens is 3. The third-order valence-electron chi connectivity index (χ3n) is 3.29. The Labute approximate surface area is 112 Å². The Morgan fingerprint density at radius 1 is 1.45 bits per heavy atom. The van der Waals surface area contributed by atoms with Crippen molar-refractivity contribution in [1.29, 1.82) is 0 Å². The highest BCUT2D eigenvalue weighted by Gasteiger charge is 2.34. The molecule has 20 heavy (non-hydrogen) atoms. The standard InChI is InChI=1S/C12H13F3N2O3/c13-12(14,15)9-4-3-8(10(19)16-9)11(20)17-5-1-2-7(17)6-18/h3-4,7,18H,1-2,5-6H2,(H,16,19). The molecule has 5 nitrogen and oxygen atoms in total. The lowest BCUT2D eigenvalue weighted by Crippen LogP contribution is -2.40. The lowest BCUT2D eigenvalue weighted by Gasteiger charge is -2.22. The van der Waals surface area contributed by atoms with E-state index < -0.39 is 23.3 Å². The second kappa shape index (κ2) is 5.28. The van der Waals surface area contributed by atoms with Gasteiger partial charge < -0.3 is 15.0 Å². The summed E-state index contributed by atoms with van der Waals surface area (Å²) >= 11 is 0. The largest absolute Gasteiger partial charge is 0.431 e. The van der Waals surface area contributed by atoms with Gasteiger partial charge in [0, 0.05) is 6.54 Å². The van der Waals surface area contributed by atoms with E-state index in [0.29, 0.717) is 25.5 Å². The molecule has 0 spiro atoms. The minimum atomic E-state index is -4.66.